The van der Waals surface area contributed by atoms with Crippen molar-refractivity contribution in [1.82, 2.24) is 0 Å². The van der Waals surface area contributed by atoms with Crippen LogP contribution in [-0.4, -0.2) is 37.9 Å². The van der Waals surface area contributed by atoms with E-state index in [0.29, 0.717) is 6.61 Å². The third kappa shape index (κ3) is 41.8. The van der Waals surface area contributed by atoms with Crippen molar-refractivity contribution >= 4 is 19.6 Å². The molecule has 7 heteroatoms. The van der Waals surface area contributed by atoms with Crippen molar-refractivity contribution in [2.75, 3.05) is 18.1 Å². The molecule has 0 rings (SSSR count). The first-order valence-corrected chi connectivity index (χ1v) is 13.6. The summed E-state index contributed by atoms with van der Waals surface area (Å²) in [5.41, 5.74) is 0. The van der Waals surface area contributed by atoms with E-state index in [0.717, 1.165) is 12.2 Å². The Morgan fingerprint density at radius 2 is 0.889 bits per heavy atom. The van der Waals surface area contributed by atoms with Gasteiger partial charge in [-0.3, -0.25) is 0 Å². The maximum atomic E-state index is 8.88. The molecule has 0 saturated heterocycles. The number of hydrogen-bond donors (Lipinski definition) is 4. The molecule has 0 saturated carbocycles. The molecule has 0 fully saturated rings. The zero-order valence-corrected chi connectivity index (χ0v) is 19.2. The molecule has 0 unspecified atom stereocenters. The highest BCUT2D eigenvalue weighted by Gasteiger charge is 2.00. The molecule has 0 aliphatic carbocycles. The van der Waals surface area contributed by atoms with E-state index in [1.54, 1.807) is 0 Å². The number of rotatable bonds is 19. The molecule has 0 bridgehead atoms. The van der Waals surface area contributed by atoms with Gasteiger partial charge in [-0.1, -0.05) is 96.8 Å². The predicted octanol–water partition coefficient (Wildman–Crippen LogP) is 6.04. The lowest BCUT2D eigenvalue weighted by Gasteiger charge is -2.03. The Hall–Kier alpha value is 0.420. The SMILES string of the molecule is CCCCCCCCCCCCCCCCCSCCCO.O=P(O)(O)O. The van der Waals surface area contributed by atoms with Crippen LogP contribution >= 0.6 is 19.6 Å². The summed E-state index contributed by atoms with van der Waals surface area (Å²) >= 11 is 2.00. The number of aliphatic hydroxyl groups is 1. The third-order valence-corrected chi connectivity index (χ3v) is 5.49. The van der Waals surface area contributed by atoms with Crippen molar-refractivity contribution in [2.45, 2.75) is 110 Å². The molecule has 0 aromatic rings. The zero-order valence-electron chi connectivity index (χ0n) is 17.5. The van der Waals surface area contributed by atoms with Gasteiger partial charge >= 0.3 is 7.82 Å². The summed E-state index contributed by atoms with van der Waals surface area (Å²) in [7, 11) is -4.64. The van der Waals surface area contributed by atoms with E-state index in [1.807, 2.05) is 11.8 Å². The second kappa shape index (κ2) is 24.5. The molecule has 4 N–H and O–H groups in total. The largest absolute Gasteiger partial charge is 0.466 e. The standard InChI is InChI=1S/C20H42OS.H3O4P/c1-2-3-4-5-6-7-8-9-10-11-12-13-14-15-16-19-22-20-17-18-21;1-5(2,3)4/h21H,2-20H2,1H3;(H3,1,2,3,4). The number of hydrogen-bond acceptors (Lipinski definition) is 3. The Morgan fingerprint density at radius 1 is 0.593 bits per heavy atom. The van der Waals surface area contributed by atoms with Gasteiger partial charge in [-0.2, -0.15) is 11.8 Å². The summed E-state index contributed by atoms with van der Waals surface area (Å²) in [5.74, 6) is 2.42. The molecule has 0 heterocycles. The van der Waals surface area contributed by atoms with E-state index >= 15 is 0 Å². The second-order valence-corrected chi connectivity index (χ2v) is 9.40. The third-order valence-electron chi connectivity index (χ3n) is 4.34. The quantitative estimate of drug-likeness (QED) is 0.148. The monoisotopic (exact) mass is 428 g/mol. The van der Waals surface area contributed by atoms with E-state index in [4.69, 9.17) is 24.4 Å². The van der Waals surface area contributed by atoms with Crippen LogP contribution in [0.4, 0.5) is 0 Å². The molecule has 27 heavy (non-hydrogen) atoms. The Kier molecular flexibility index (Phi) is 26.8. The van der Waals surface area contributed by atoms with Gasteiger partial charge in [-0.15, -0.1) is 0 Å². The van der Waals surface area contributed by atoms with Crippen molar-refractivity contribution in [3.63, 3.8) is 0 Å². The van der Waals surface area contributed by atoms with Crippen LogP contribution in [0.3, 0.4) is 0 Å². The molecule has 0 aliphatic rings. The van der Waals surface area contributed by atoms with Crippen molar-refractivity contribution in [2.24, 2.45) is 0 Å². The second-order valence-electron chi connectivity index (χ2n) is 7.15. The fourth-order valence-electron chi connectivity index (χ4n) is 2.84. The highest BCUT2D eigenvalue weighted by Crippen LogP contribution is 2.25. The van der Waals surface area contributed by atoms with Crippen LogP contribution in [0.1, 0.15) is 110 Å². The topological polar surface area (TPSA) is 98.0 Å². The van der Waals surface area contributed by atoms with Gasteiger partial charge in [0.2, 0.25) is 0 Å². The van der Waals surface area contributed by atoms with Crippen LogP contribution in [0.25, 0.3) is 0 Å². The van der Waals surface area contributed by atoms with Crippen LogP contribution in [0.5, 0.6) is 0 Å². The lowest BCUT2D eigenvalue weighted by molar-refractivity contribution is 0.275. The lowest BCUT2D eigenvalue weighted by Crippen LogP contribution is -1.88. The van der Waals surface area contributed by atoms with Gasteiger partial charge in [-0.25, -0.2) is 4.57 Å². The minimum absolute atomic E-state index is 0.353. The van der Waals surface area contributed by atoms with Crippen LogP contribution in [0.2, 0.25) is 0 Å². The van der Waals surface area contributed by atoms with Crippen molar-refractivity contribution in [3.8, 4) is 0 Å². The molecule has 0 aromatic heterocycles. The first-order chi connectivity index (χ1) is 12.9. The number of phosphoric acid groups is 1. The van der Waals surface area contributed by atoms with Crippen LogP contribution in [0.15, 0.2) is 0 Å². The Labute approximate surface area is 172 Å². The van der Waals surface area contributed by atoms with Crippen LogP contribution in [-0.2, 0) is 4.57 Å². The average Bonchev–Trinajstić information content (AvgIpc) is 2.59. The predicted molar refractivity (Wildman–Crippen MR) is 118 cm³/mol. The van der Waals surface area contributed by atoms with E-state index in [9.17, 15) is 0 Å². The summed E-state index contributed by atoms with van der Waals surface area (Å²) in [6.45, 7) is 2.64. The Morgan fingerprint density at radius 3 is 1.22 bits per heavy atom. The fourth-order valence-corrected chi connectivity index (χ4v) is 3.79. The highest BCUT2D eigenvalue weighted by molar-refractivity contribution is 7.99. The average molecular weight is 429 g/mol. The molecule has 0 spiro atoms. The van der Waals surface area contributed by atoms with Gasteiger partial charge in [0.15, 0.2) is 0 Å². The van der Waals surface area contributed by atoms with Crippen molar-refractivity contribution in [3.05, 3.63) is 0 Å². The van der Waals surface area contributed by atoms with E-state index in [1.165, 1.54) is 102 Å². The van der Waals surface area contributed by atoms with Gasteiger partial charge in [0.25, 0.3) is 0 Å². The maximum Gasteiger partial charge on any atom is 0.466 e. The van der Waals surface area contributed by atoms with Crippen LogP contribution in [0, 0.1) is 0 Å². The van der Waals surface area contributed by atoms with E-state index in [-0.39, 0.29) is 0 Å². The molecule has 0 radical (unpaired) electrons. The molecule has 0 aliphatic heterocycles. The minimum Gasteiger partial charge on any atom is -0.396 e. The Balaban J connectivity index is 0. The highest BCUT2D eigenvalue weighted by atomic mass is 32.2. The van der Waals surface area contributed by atoms with E-state index < -0.39 is 7.82 Å². The first-order valence-electron chi connectivity index (χ1n) is 10.9. The normalized spacial score (nSPS) is 11.3. The smallest absolute Gasteiger partial charge is 0.396 e. The summed E-state index contributed by atoms with van der Waals surface area (Å²) < 4.78 is 8.88. The van der Waals surface area contributed by atoms with Crippen LogP contribution < -0.4 is 0 Å². The van der Waals surface area contributed by atoms with E-state index in [2.05, 4.69) is 6.92 Å². The van der Waals surface area contributed by atoms with Gasteiger partial charge < -0.3 is 19.8 Å². The molecule has 0 amide bonds. The molecule has 5 nitrogen and oxygen atoms in total. The van der Waals surface area contributed by atoms with Crippen molar-refractivity contribution in [1.29, 1.82) is 0 Å². The summed E-state index contributed by atoms with van der Waals surface area (Å²) in [5, 5.41) is 8.69. The first kappa shape index (κ1) is 29.6. The summed E-state index contributed by atoms with van der Waals surface area (Å²) in [4.78, 5) is 21.6. The van der Waals surface area contributed by atoms with Gasteiger partial charge in [0, 0.05) is 6.61 Å². The number of unbranched alkanes of at least 4 members (excludes halogenated alkanes) is 14. The number of aliphatic hydroxyl groups excluding tert-OH is 1. The molecule has 166 valence electrons. The maximum absolute atomic E-state index is 8.88. The summed E-state index contributed by atoms with van der Waals surface area (Å²) in [6, 6.07) is 0. The lowest BCUT2D eigenvalue weighted by atomic mass is 10.0. The van der Waals surface area contributed by atoms with Gasteiger partial charge in [0.1, 0.15) is 0 Å². The molecule has 0 atom stereocenters. The molecular weight excluding hydrogens is 383 g/mol. The minimum atomic E-state index is -4.64. The summed E-state index contributed by atoms with van der Waals surface area (Å²) in [6.07, 6.45) is 22.6. The zero-order chi connectivity index (χ0) is 20.6. The van der Waals surface area contributed by atoms with Gasteiger partial charge in [-0.05, 0) is 24.3 Å². The molecular formula is C20H45O5PS. The fraction of sp³-hybridized carbons (Fsp3) is 1.00. The van der Waals surface area contributed by atoms with Crippen molar-refractivity contribution < 1.29 is 24.4 Å². The molecule has 0 aromatic carbocycles. The number of thioether (sulfide) groups is 1. The van der Waals surface area contributed by atoms with Gasteiger partial charge in [0.05, 0.1) is 0 Å². The Bertz CT molecular complexity index is 284.